The van der Waals surface area contributed by atoms with Crippen LogP contribution in [0.25, 0.3) is 0 Å². The first-order valence-corrected chi connectivity index (χ1v) is 14.6. The minimum atomic E-state index is -4.23. The molecule has 10 heteroatoms. The first-order chi connectivity index (χ1) is 19.2. The number of nitrogens with zero attached hydrogens (tertiary/aromatic N) is 2. The van der Waals surface area contributed by atoms with E-state index in [0.29, 0.717) is 18.0 Å². The van der Waals surface area contributed by atoms with Gasteiger partial charge in [0, 0.05) is 19.2 Å². The van der Waals surface area contributed by atoms with Crippen LogP contribution in [0.4, 0.5) is 5.69 Å². The number of ether oxygens (including phenoxy) is 2. The fraction of sp³-hybridized carbons (Fsp3) is 0.333. The van der Waals surface area contributed by atoms with Gasteiger partial charge in [0.25, 0.3) is 10.0 Å². The van der Waals surface area contributed by atoms with E-state index in [4.69, 9.17) is 9.47 Å². The molecule has 0 heterocycles. The highest BCUT2D eigenvalue weighted by atomic mass is 32.2. The number of hydrogen-bond acceptors (Lipinski definition) is 6. The smallest absolute Gasteiger partial charge is 0.264 e. The van der Waals surface area contributed by atoms with Crippen molar-refractivity contribution < 1.29 is 27.5 Å². The number of hydrogen-bond donors (Lipinski definition) is 1. The normalized spacial score (nSPS) is 11.8. The Morgan fingerprint density at radius 2 is 1.52 bits per heavy atom. The predicted octanol–water partition coefficient (Wildman–Crippen LogP) is 4.23. The minimum absolute atomic E-state index is 0.0678. The molecule has 0 aliphatic rings. The summed E-state index contributed by atoms with van der Waals surface area (Å²) in [5.74, 6) is -0.201. The Morgan fingerprint density at radius 1 is 0.900 bits per heavy atom. The number of benzene rings is 3. The number of carbonyl (C=O) groups is 2. The highest BCUT2D eigenvalue weighted by Gasteiger charge is 2.33. The summed E-state index contributed by atoms with van der Waals surface area (Å²) in [6.07, 6.45) is 1.73. The van der Waals surface area contributed by atoms with Crippen molar-refractivity contribution in [2.24, 2.45) is 0 Å². The number of methoxy groups -OCH3 is 2. The van der Waals surface area contributed by atoms with Gasteiger partial charge in [0.1, 0.15) is 12.6 Å². The Bertz CT molecular complexity index is 1370. The van der Waals surface area contributed by atoms with E-state index in [-0.39, 0.29) is 23.1 Å². The summed E-state index contributed by atoms with van der Waals surface area (Å²) in [4.78, 5) is 28.2. The van der Waals surface area contributed by atoms with Gasteiger partial charge in [-0.3, -0.25) is 13.9 Å². The average molecular weight is 568 g/mol. The molecule has 0 unspecified atom stereocenters. The Labute approximate surface area is 236 Å². The van der Waals surface area contributed by atoms with Gasteiger partial charge in [-0.15, -0.1) is 0 Å². The molecule has 0 saturated heterocycles. The molecule has 0 saturated carbocycles. The molecule has 3 aromatic carbocycles. The van der Waals surface area contributed by atoms with Gasteiger partial charge in [-0.2, -0.15) is 0 Å². The van der Waals surface area contributed by atoms with Gasteiger partial charge in [-0.25, -0.2) is 8.42 Å². The molecule has 3 aromatic rings. The number of anilines is 1. The summed E-state index contributed by atoms with van der Waals surface area (Å²) >= 11 is 0. The number of rotatable bonds is 14. The van der Waals surface area contributed by atoms with E-state index in [1.807, 2.05) is 37.3 Å². The van der Waals surface area contributed by atoms with Crippen molar-refractivity contribution in [1.29, 1.82) is 0 Å². The molecular formula is C30H37N3O6S. The van der Waals surface area contributed by atoms with Crippen molar-refractivity contribution in [3.8, 4) is 11.5 Å². The zero-order valence-electron chi connectivity index (χ0n) is 23.4. The van der Waals surface area contributed by atoms with Crippen LogP contribution >= 0.6 is 0 Å². The number of nitrogens with one attached hydrogen (secondary N) is 1. The molecule has 0 fully saturated rings. The van der Waals surface area contributed by atoms with Crippen molar-refractivity contribution in [1.82, 2.24) is 10.2 Å². The van der Waals surface area contributed by atoms with E-state index in [1.54, 1.807) is 37.3 Å². The van der Waals surface area contributed by atoms with Crippen LogP contribution in [0.15, 0.2) is 83.8 Å². The number of unbranched alkanes of at least 4 members (excludes halogenated alkanes) is 1. The van der Waals surface area contributed by atoms with Crippen LogP contribution in [0, 0.1) is 0 Å². The number of amides is 2. The molecule has 0 aliphatic heterocycles. The maximum absolute atomic E-state index is 14.0. The third-order valence-corrected chi connectivity index (χ3v) is 8.23. The molecule has 3 rings (SSSR count). The molecule has 0 aliphatic carbocycles. The van der Waals surface area contributed by atoms with Crippen LogP contribution in [0.2, 0.25) is 0 Å². The van der Waals surface area contributed by atoms with E-state index < -0.39 is 28.5 Å². The quantitative estimate of drug-likeness (QED) is 0.292. The van der Waals surface area contributed by atoms with Gasteiger partial charge in [0.05, 0.1) is 24.8 Å². The van der Waals surface area contributed by atoms with Crippen LogP contribution in [0.5, 0.6) is 11.5 Å². The van der Waals surface area contributed by atoms with Gasteiger partial charge in [-0.1, -0.05) is 61.9 Å². The SMILES string of the molecule is CCCCNC(=O)[C@@H](C)N(Cc1ccccc1)C(=O)CN(c1ccccc1)S(=O)(=O)c1ccc(OC)c(OC)c1. The molecular weight excluding hydrogens is 530 g/mol. The highest BCUT2D eigenvalue weighted by Crippen LogP contribution is 2.32. The Kier molecular flexibility index (Phi) is 11.0. The number of para-hydroxylation sites is 1. The zero-order valence-corrected chi connectivity index (χ0v) is 24.2. The maximum atomic E-state index is 14.0. The van der Waals surface area contributed by atoms with E-state index in [1.165, 1.54) is 37.3 Å². The van der Waals surface area contributed by atoms with Crippen molar-refractivity contribution in [2.45, 2.75) is 44.2 Å². The lowest BCUT2D eigenvalue weighted by atomic mass is 10.1. The molecule has 0 aromatic heterocycles. The molecule has 0 radical (unpaired) electrons. The van der Waals surface area contributed by atoms with Gasteiger partial charge in [-0.05, 0) is 43.2 Å². The van der Waals surface area contributed by atoms with Gasteiger partial charge >= 0.3 is 0 Å². The zero-order chi connectivity index (χ0) is 29.1. The van der Waals surface area contributed by atoms with E-state index in [0.717, 1.165) is 22.7 Å². The lowest BCUT2D eigenvalue weighted by Crippen LogP contribution is -2.51. The first-order valence-electron chi connectivity index (χ1n) is 13.1. The van der Waals surface area contributed by atoms with Crippen molar-refractivity contribution >= 4 is 27.5 Å². The summed E-state index contributed by atoms with van der Waals surface area (Å²) in [5, 5.41) is 2.88. The van der Waals surface area contributed by atoms with Crippen LogP contribution in [-0.4, -0.2) is 58.5 Å². The van der Waals surface area contributed by atoms with Crippen LogP contribution in [0.3, 0.4) is 0 Å². The molecule has 1 atom stereocenters. The second-order valence-electron chi connectivity index (χ2n) is 9.19. The van der Waals surface area contributed by atoms with E-state index in [9.17, 15) is 18.0 Å². The molecule has 0 bridgehead atoms. The van der Waals surface area contributed by atoms with Crippen LogP contribution < -0.4 is 19.1 Å². The fourth-order valence-corrected chi connectivity index (χ4v) is 5.56. The largest absolute Gasteiger partial charge is 0.493 e. The molecule has 214 valence electrons. The van der Waals surface area contributed by atoms with Gasteiger partial charge in [0.15, 0.2) is 11.5 Å². The summed E-state index contributed by atoms with van der Waals surface area (Å²) in [6, 6.07) is 21.1. The Balaban J connectivity index is 2.00. The predicted molar refractivity (Wildman–Crippen MR) is 155 cm³/mol. The minimum Gasteiger partial charge on any atom is -0.493 e. The van der Waals surface area contributed by atoms with Crippen molar-refractivity contribution in [3.63, 3.8) is 0 Å². The lowest BCUT2D eigenvalue weighted by molar-refractivity contribution is -0.139. The second-order valence-corrected chi connectivity index (χ2v) is 11.1. The second kappa shape index (κ2) is 14.4. The van der Waals surface area contributed by atoms with E-state index in [2.05, 4.69) is 5.32 Å². The van der Waals surface area contributed by atoms with Crippen molar-refractivity contribution in [3.05, 3.63) is 84.4 Å². The van der Waals surface area contributed by atoms with Gasteiger partial charge < -0.3 is 19.7 Å². The summed E-state index contributed by atoms with van der Waals surface area (Å²) in [6.45, 7) is 3.80. The lowest BCUT2D eigenvalue weighted by Gasteiger charge is -2.32. The molecule has 40 heavy (non-hydrogen) atoms. The standard InChI is InChI=1S/C30H37N3O6S/c1-5-6-19-31-30(35)23(2)32(21-24-13-9-7-10-14-24)29(34)22-33(25-15-11-8-12-16-25)40(36,37)26-17-18-27(38-3)28(20-26)39-4/h7-18,20,23H,5-6,19,21-22H2,1-4H3,(H,31,35)/t23-/m1/s1. The van der Waals surface area contributed by atoms with Crippen LogP contribution in [0.1, 0.15) is 32.3 Å². The Hall–Kier alpha value is -4.05. The summed E-state index contributed by atoms with van der Waals surface area (Å²) in [7, 11) is -1.35. The fourth-order valence-electron chi connectivity index (χ4n) is 4.13. The molecule has 9 nitrogen and oxygen atoms in total. The third kappa shape index (κ3) is 7.53. The molecule has 1 N–H and O–H groups in total. The third-order valence-electron chi connectivity index (χ3n) is 6.46. The topological polar surface area (TPSA) is 105 Å². The van der Waals surface area contributed by atoms with E-state index >= 15 is 0 Å². The maximum Gasteiger partial charge on any atom is 0.264 e. The summed E-state index contributed by atoms with van der Waals surface area (Å²) < 4.78 is 39.6. The number of carbonyl (C=O) groups excluding carboxylic acids is 2. The monoisotopic (exact) mass is 567 g/mol. The van der Waals surface area contributed by atoms with Crippen molar-refractivity contribution in [2.75, 3.05) is 31.6 Å². The van der Waals surface area contributed by atoms with Gasteiger partial charge in [0.2, 0.25) is 11.8 Å². The highest BCUT2D eigenvalue weighted by molar-refractivity contribution is 7.92. The number of sulfonamides is 1. The summed E-state index contributed by atoms with van der Waals surface area (Å²) in [5.41, 5.74) is 1.13. The average Bonchev–Trinajstić information content (AvgIpc) is 2.98. The Morgan fingerprint density at radius 3 is 2.12 bits per heavy atom. The molecule has 2 amide bonds. The molecule has 0 spiro atoms. The first kappa shape index (κ1) is 30.5. The van der Waals surface area contributed by atoms with Crippen LogP contribution in [-0.2, 0) is 26.2 Å².